The maximum atomic E-state index is 13.2. The van der Waals surface area contributed by atoms with Gasteiger partial charge in [-0.25, -0.2) is 8.42 Å². The summed E-state index contributed by atoms with van der Waals surface area (Å²) in [5.41, 5.74) is 1.96. The Bertz CT molecular complexity index is 895. The number of hydrogen-bond acceptors (Lipinski definition) is 4. The van der Waals surface area contributed by atoms with Gasteiger partial charge in [-0.3, -0.25) is 9.10 Å². The molecule has 138 valence electrons. The van der Waals surface area contributed by atoms with Gasteiger partial charge in [-0.15, -0.1) is 0 Å². The Kier molecular flexibility index (Phi) is 5.29. The predicted octanol–water partition coefficient (Wildman–Crippen LogP) is 2.54. The van der Waals surface area contributed by atoms with Gasteiger partial charge in [0.15, 0.2) is 0 Å². The standard InChI is InChI=1S/C19H22N2O4S/c1-14(22)13-21(16-7-3-2-4-8-16)26(24,25)17-10-11-18-15(12-17)6-5-9-19(23)20-18/h2-4,7-8,10-12,14,22H,5-6,9,13H2,1H3,(H,20,23)/t14-/m1/s1. The summed E-state index contributed by atoms with van der Waals surface area (Å²) in [5.74, 6) is -0.0561. The molecule has 0 saturated carbocycles. The fourth-order valence-corrected chi connectivity index (χ4v) is 4.61. The molecule has 7 heteroatoms. The Hall–Kier alpha value is -2.38. The first-order valence-electron chi connectivity index (χ1n) is 8.56. The van der Waals surface area contributed by atoms with Crippen LogP contribution in [0.3, 0.4) is 0 Å². The van der Waals surface area contributed by atoms with Crippen LogP contribution in [0.2, 0.25) is 0 Å². The Labute approximate surface area is 153 Å². The van der Waals surface area contributed by atoms with E-state index in [1.165, 1.54) is 10.4 Å². The number of aryl methyl sites for hydroxylation is 1. The minimum Gasteiger partial charge on any atom is -0.392 e. The third-order valence-electron chi connectivity index (χ3n) is 4.26. The number of nitrogens with one attached hydrogen (secondary N) is 1. The number of hydrogen-bond donors (Lipinski definition) is 2. The van der Waals surface area contributed by atoms with Crippen molar-refractivity contribution in [1.29, 1.82) is 0 Å². The quantitative estimate of drug-likeness (QED) is 0.842. The van der Waals surface area contributed by atoms with Crippen molar-refractivity contribution in [2.45, 2.75) is 37.2 Å². The van der Waals surface area contributed by atoms with E-state index in [9.17, 15) is 18.3 Å². The van der Waals surface area contributed by atoms with Gasteiger partial charge in [-0.05, 0) is 55.7 Å². The highest BCUT2D eigenvalue weighted by Crippen LogP contribution is 2.29. The summed E-state index contributed by atoms with van der Waals surface area (Å²) in [7, 11) is -3.85. The number of anilines is 2. The van der Waals surface area contributed by atoms with Gasteiger partial charge in [0.2, 0.25) is 5.91 Å². The summed E-state index contributed by atoms with van der Waals surface area (Å²) < 4.78 is 27.7. The second kappa shape index (κ2) is 7.47. The number of aliphatic hydroxyl groups is 1. The molecule has 0 aliphatic carbocycles. The van der Waals surface area contributed by atoms with Gasteiger partial charge in [0.1, 0.15) is 0 Å². The Morgan fingerprint density at radius 3 is 2.58 bits per heavy atom. The summed E-state index contributed by atoms with van der Waals surface area (Å²) in [6.07, 6.45) is 0.928. The van der Waals surface area contributed by atoms with E-state index < -0.39 is 16.1 Å². The van der Waals surface area contributed by atoms with E-state index >= 15 is 0 Å². The van der Waals surface area contributed by atoms with Gasteiger partial charge in [-0.2, -0.15) is 0 Å². The van der Waals surface area contributed by atoms with Gasteiger partial charge in [0.05, 0.1) is 23.2 Å². The molecule has 0 saturated heterocycles. The fraction of sp³-hybridized carbons (Fsp3) is 0.316. The zero-order valence-corrected chi connectivity index (χ0v) is 15.4. The Balaban J connectivity index is 2.02. The van der Waals surface area contributed by atoms with E-state index in [0.717, 1.165) is 5.56 Å². The molecular formula is C19H22N2O4S. The molecule has 0 unspecified atom stereocenters. The SMILES string of the molecule is C[C@@H](O)CN(c1ccccc1)S(=O)(=O)c1ccc2c(c1)CCCC(=O)N2. The molecule has 3 rings (SSSR count). The maximum absolute atomic E-state index is 13.2. The molecular weight excluding hydrogens is 352 g/mol. The van der Waals surface area contributed by atoms with Crippen LogP contribution >= 0.6 is 0 Å². The van der Waals surface area contributed by atoms with E-state index in [-0.39, 0.29) is 17.3 Å². The highest BCUT2D eigenvalue weighted by Gasteiger charge is 2.27. The van der Waals surface area contributed by atoms with Crippen molar-refractivity contribution in [3.63, 3.8) is 0 Å². The van der Waals surface area contributed by atoms with Crippen LogP contribution in [0.1, 0.15) is 25.3 Å². The van der Waals surface area contributed by atoms with Crippen LogP contribution in [0.4, 0.5) is 11.4 Å². The smallest absolute Gasteiger partial charge is 0.264 e. The average Bonchev–Trinajstić information content (AvgIpc) is 2.80. The Morgan fingerprint density at radius 2 is 1.88 bits per heavy atom. The number of amides is 1. The van der Waals surface area contributed by atoms with E-state index in [1.807, 2.05) is 6.07 Å². The van der Waals surface area contributed by atoms with Crippen molar-refractivity contribution in [2.24, 2.45) is 0 Å². The van der Waals surface area contributed by atoms with Gasteiger partial charge in [-0.1, -0.05) is 18.2 Å². The number of benzene rings is 2. The first-order chi connectivity index (χ1) is 12.4. The number of carbonyl (C=O) groups excluding carboxylic acids is 1. The predicted molar refractivity (Wildman–Crippen MR) is 101 cm³/mol. The number of carbonyl (C=O) groups is 1. The molecule has 2 N–H and O–H groups in total. The summed E-state index contributed by atoms with van der Waals surface area (Å²) in [4.78, 5) is 11.8. The van der Waals surface area contributed by atoms with Crippen molar-refractivity contribution in [1.82, 2.24) is 0 Å². The number of rotatable bonds is 5. The molecule has 1 atom stereocenters. The van der Waals surface area contributed by atoms with Crippen molar-refractivity contribution in [3.8, 4) is 0 Å². The largest absolute Gasteiger partial charge is 0.392 e. The second-order valence-corrected chi connectivity index (χ2v) is 8.30. The molecule has 2 aromatic carbocycles. The first-order valence-corrected chi connectivity index (χ1v) is 10.0. The van der Waals surface area contributed by atoms with Crippen LogP contribution in [0.15, 0.2) is 53.4 Å². The number of aliphatic hydroxyl groups excluding tert-OH is 1. The van der Waals surface area contributed by atoms with Crippen molar-refractivity contribution >= 4 is 27.3 Å². The first kappa shape index (κ1) is 18.4. The summed E-state index contributed by atoms with van der Waals surface area (Å²) >= 11 is 0. The highest BCUT2D eigenvalue weighted by atomic mass is 32.2. The molecule has 1 aliphatic heterocycles. The van der Waals surface area contributed by atoms with Crippen LogP contribution in [-0.2, 0) is 21.2 Å². The molecule has 0 fully saturated rings. The molecule has 1 aliphatic rings. The van der Waals surface area contributed by atoms with Crippen molar-refractivity contribution in [2.75, 3.05) is 16.2 Å². The van der Waals surface area contributed by atoms with Gasteiger partial charge >= 0.3 is 0 Å². The minimum absolute atomic E-state index is 0.0415. The molecule has 6 nitrogen and oxygen atoms in total. The molecule has 1 heterocycles. The second-order valence-electron chi connectivity index (χ2n) is 6.44. The zero-order chi connectivity index (χ0) is 18.7. The molecule has 1 amide bonds. The number of fused-ring (bicyclic) bond motifs is 1. The molecule has 2 aromatic rings. The van der Waals surface area contributed by atoms with E-state index in [2.05, 4.69) is 5.32 Å². The average molecular weight is 374 g/mol. The third kappa shape index (κ3) is 3.89. The summed E-state index contributed by atoms with van der Waals surface area (Å²) in [6.45, 7) is 1.51. The van der Waals surface area contributed by atoms with Crippen LogP contribution in [0.25, 0.3) is 0 Å². The molecule has 0 radical (unpaired) electrons. The fourth-order valence-electron chi connectivity index (χ4n) is 3.02. The summed E-state index contributed by atoms with van der Waals surface area (Å²) in [5, 5.41) is 12.6. The molecule has 0 aromatic heterocycles. The summed E-state index contributed by atoms with van der Waals surface area (Å²) in [6, 6.07) is 13.5. The number of nitrogens with zero attached hydrogens (tertiary/aromatic N) is 1. The van der Waals surface area contributed by atoms with Gasteiger partial charge < -0.3 is 10.4 Å². The minimum atomic E-state index is -3.85. The number of para-hydroxylation sites is 1. The van der Waals surface area contributed by atoms with Crippen LogP contribution in [-0.4, -0.2) is 32.1 Å². The topological polar surface area (TPSA) is 86.7 Å². The normalized spacial score (nSPS) is 15.5. The lowest BCUT2D eigenvalue weighted by Crippen LogP contribution is -2.36. The van der Waals surface area contributed by atoms with E-state index in [1.54, 1.807) is 43.3 Å². The molecule has 26 heavy (non-hydrogen) atoms. The molecule has 0 bridgehead atoms. The highest BCUT2D eigenvalue weighted by molar-refractivity contribution is 7.92. The maximum Gasteiger partial charge on any atom is 0.264 e. The van der Waals surface area contributed by atoms with E-state index in [0.29, 0.717) is 30.6 Å². The van der Waals surface area contributed by atoms with Gasteiger partial charge in [0.25, 0.3) is 10.0 Å². The number of sulfonamides is 1. The van der Waals surface area contributed by atoms with Crippen molar-refractivity contribution < 1.29 is 18.3 Å². The lowest BCUT2D eigenvalue weighted by atomic mass is 10.1. The molecule has 0 spiro atoms. The van der Waals surface area contributed by atoms with Crippen molar-refractivity contribution in [3.05, 3.63) is 54.1 Å². The van der Waals surface area contributed by atoms with Crippen LogP contribution in [0, 0.1) is 0 Å². The lowest BCUT2D eigenvalue weighted by molar-refractivity contribution is -0.116. The zero-order valence-electron chi connectivity index (χ0n) is 14.6. The third-order valence-corrected chi connectivity index (χ3v) is 6.05. The van der Waals surface area contributed by atoms with Crippen LogP contribution in [0.5, 0.6) is 0 Å². The Morgan fingerprint density at radius 1 is 1.15 bits per heavy atom. The van der Waals surface area contributed by atoms with Gasteiger partial charge in [0, 0.05) is 12.1 Å². The monoisotopic (exact) mass is 374 g/mol. The van der Waals surface area contributed by atoms with Crippen LogP contribution < -0.4 is 9.62 Å². The lowest BCUT2D eigenvalue weighted by Gasteiger charge is -2.26. The van der Waals surface area contributed by atoms with E-state index in [4.69, 9.17) is 0 Å².